The minimum absolute atomic E-state index is 0. The van der Waals surface area contributed by atoms with E-state index in [-0.39, 0.29) is 12.4 Å². The van der Waals surface area contributed by atoms with Crippen LogP contribution in [0.4, 0.5) is 0 Å². The van der Waals surface area contributed by atoms with Crippen LogP contribution in [0.1, 0.15) is 77.0 Å². The van der Waals surface area contributed by atoms with Gasteiger partial charge in [0.2, 0.25) is 0 Å². The summed E-state index contributed by atoms with van der Waals surface area (Å²) in [6.07, 6.45) is 28.0. The van der Waals surface area contributed by atoms with Gasteiger partial charge in [0.25, 0.3) is 0 Å². The lowest BCUT2D eigenvalue weighted by Gasteiger charge is -2.18. The fourth-order valence-corrected chi connectivity index (χ4v) is 3.60. The van der Waals surface area contributed by atoms with Crippen LogP contribution < -0.4 is 12.4 Å². The minimum atomic E-state index is 0. The van der Waals surface area contributed by atoms with Crippen molar-refractivity contribution in [1.82, 2.24) is 4.90 Å². The van der Waals surface area contributed by atoms with Gasteiger partial charge in [0, 0.05) is 32.0 Å². The normalized spacial score (nSPS) is 22.0. The molecule has 0 aromatic heterocycles. The van der Waals surface area contributed by atoms with Gasteiger partial charge in [0.15, 0.2) is 6.21 Å². The molecular formula is C21H37ClN2. The van der Waals surface area contributed by atoms with E-state index < -0.39 is 0 Å². The van der Waals surface area contributed by atoms with Crippen molar-refractivity contribution >= 4 is 6.21 Å². The molecule has 0 amide bonds. The first-order chi connectivity index (χ1) is 11.4. The van der Waals surface area contributed by atoms with Gasteiger partial charge in [-0.2, -0.15) is 0 Å². The van der Waals surface area contributed by atoms with Gasteiger partial charge in [-0.05, 0) is 38.0 Å². The molecule has 0 atom stereocenters. The van der Waals surface area contributed by atoms with Crippen molar-refractivity contribution in [3.63, 3.8) is 0 Å². The SMILES string of the molecule is C(=CC=[N+]1CCCCCCCC1)C=CN1CCCCCCCC1.[Cl-]. The molecule has 2 saturated heterocycles. The van der Waals surface area contributed by atoms with Gasteiger partial charge in [0.1, 0.15) is 13.1 Å². The lowest BCUT2D eigenvalue weighted by molar-refractivity contribution is -0.523. The van der Waals surface area contributed by atoms with Crippen LogP contribution in [0.2, 0.25) is 0 Å². The first kappa shape index (κ1) is 21.3. The third kappa shape index (κ3) is 10.2. The molecule has 0 aromatic rings. The van der Waals surface area contributed by atoms with Crippen molar-refractivity contribution in [1.29, 1.82) is 0 Å². The van der Waals surface area contributed by atoms with Crippen LogP contribution in [0.15, 0.2) is 24.4 Å². The Bertz CT molecular complexity index is 365. The molecule has 0 spiro atoms. The van der Waals surface area contributed by atoms with Crippen LogP contribution >= 0.6 is 0 Å². The lowest BCUT2D eigenvalue weighted by atomic mass is 10.1. The van der Waals surface area contributed by atoms with E-state index in [1.807, 2.05) is 0 Å². The quantitative estimate of drug-likeness (QED) is 0.557. The highest BCUT2D eigenvalue weighted by Crippen LogP contribution is 2.11. The molecule has 0 N–H and O–H groups in total. The third-order valence-electron chi connectivity index (χ3n) is 5.10. The van der Waals surface area contributed by atoms with E-state index in [0.717, 1.165) is 0 Å². The molecule has 2 aliphatic heterocycles. The summed E-state index contributed by atoms with van der Waals surface area (Å²) in [6.45, 7) is 4.95. The first-order valence-corrected chi connectivity index (χ1v) is 10.1. The standard InChI is InChI=1S/C21H37N2.ClH/c1-2-6-11-17-22(16-10-5-1)20-14-9-15-21-23-18-12-7-3-4-8-13-19-23;/h9,14-15,20-21H,1-8,10-13,16-19H2;1H/q+1;/p-1. The van der Waals surface area contributed by atoms with Crippen LogP contribution in [0.3, 0.4) is 0 Å². The van der Waals surface area contributed by atoms with Gasteiger partial charge in [-0.15, -0.1) is 0 Å². The maximum atomic E-state index is 2.51. The fourth-order valence-electron chi connectivity index (χ4n) is 3.60. The van der Waals surface area contributed by atoms with Gasteiger partial charge >= 0.3 is 0 Å². The predicted molar refractivity (Wildman–Crippen MR) is 101 cm³/mol. The van der Waals surface area contributed by atoms with Gasteiger partial charge < -0.3 is 17.3 Å². The number of rotatable bonds is 3. The minimum Gasteiger partial charge on any atom is -1.00 e. The van der Waals surface area contributed by atoms with Crippen LogP contribution in [0.25, 0.3) is 0 Å². The molecule has 2 nitrogen and oxygen atoms in total. The van der Waals surface area contributed by atoms with E-state index in [1.54, 1.807) is 0 Å². The highest BCUT2D eigenvalue weighted by atomic mass is 35.5. The summed E-state index contributed by atoms with van der Waals surface area (Å²) in [5.74, 6) is 0. The molecule has 3 heteroatoms. The van der Waals surface area contributed by atoms with E-state index >= 15 is 0 Å². The van der Waals surface area contributed by atoms with E-state index in [2.05, 4.69) is 40.1 Å². The second-order valence-corrected chi connectivity index (χ2v) is 7.19. The predicted octanol–water partition coefficient (Wildman–Crippen LogP) is 2.15. The average molecular weight is 353 g/mol. The van der Waals surface area contributed by atoms with Gasteiger partial charge in [-0.3, -0.25) is 0 Å². The molecule has 24 heavy (non-hydrogen) atoms. The first-order valence-electron chi connectivity index (χ1n) is 10.1. The molecule has 2 aliphatic rings. The molecule has 2 rings (SSSR count). The van der Waals surface area contributed by atoms with Crippen molar-refractivity contribution in [2.45, 2.75) is 77.0 Å². The van der Waals surface area contributed by atoms with Crippen LogP contribution in [-0.2, 0) is 0 Å². The third-order valence-corrected chi connectivity index (χ3v) is 5.10. The van der Waals surface area contributed by atoms with Crippen molar-refractivity contribution in [3.8, 4) is 0 Å². The smallest absolute Gasteiger partial charge is 0.163 e. The van der Waals surface area contributed by atoms with Crippen molar-refractivity contribution in [2.24, 2.45) is 0 Å². The second kappa shape index (κ2) is 14.6. The zero-order valence-corrected chi connectivity index (χ0v) is 16.2. The van der Waals surface area contributed by atoms with Gasteiger partial charge in [-0.1, -0.05) is 44.6 Å². The summed E-state index contributed by atoms with van der Waals surface area (Å²) in [5.41, 5.74) is 0. The van der Waals surface area contributed by atoms with Gasteiger partial charge in [0.05, 0.1) is 0 Å². The second-order valence-electron chi connectivity index (χ2n) is 7.19. The largest absolute Gasteiger partial charge is 1.00 e. The average Bonchev–Trinajstić information content (AvgIpc) is 2.78. The summed E-state index contributed by atoms with van der Waals surface area (Å²) in [6, 6.07) is 0. The highest BCUT2D eigenvalue weighted by molar-refractivity contribution is 5.66. The van der Waals surface area contributed by atoms with E-state index in [9.17, 15) is 0 Å². The monoisotopic (exact) mass is 352 g/mol. The molecule has 2 heterocycles. The Morgan fingerprint density at radius 3 is 1.62 bits per heavy atom. The number of hydrogen-bond donors (Lipinski definition) is 0. The topological polar surface area (TPSA) is 6.25 Å². The number of hydrogen-bond acceptors (Lipinski definition) is 1. The lowest BCUT2D eigenvalue weighted by Crippen LogP contribution is -3.00. The Hall–Kier alpha value is -0.760. The van der Waals surface area contributed by atoms with Crippen molar-refractivity contribution < 1.29 is 17.0 Å². The van der Waals surface area contributed by atoms with Crippen molar-refractivity contribution in [3.05, 3.63) is 24.4 Å². The number of nitrogens with zero attached hydrogens (tertiary/aromatic N) is 2. The zero-order chi connectivity index (χ0) is 16.0. The number of allylic oxidation sites excluding steroid dienone is 3. The molecular weight excluding hydrogens is 316 g/mol. The molecule has 2 fully saturated rings. The highest BCUT2D eigenvalue weighted by Gasteiger charge is 2.06. The molecule has 0 aliphatic carbocycles. The van der Waals surface area contributed by atoms with Gasteiger partial charge in [-0.25, -0.2) is 4.58 Å². The molecule has 0 unspecified atom stereocenters. The maximum absolute atomic E-state index is 2.51. The maximum Gasteiger partial charge on any atom is 0.163 e. The zero-order valence-electron chi connectivity index (χ0n) is 15.5. The molecule has 0 saturated carbocycles. The summed E-state index contributed by atoms with van der Waals surface area (Å²) < 4.78 is 2.51. The van der Waals surface area contributed by atoms with Crippen molar-refractivity contribution in [2.75, 3.05) is 26.2 Å². The number of halogens is 1. The Morgan fingerprint density at radius 2 is 1.04 bits per heavy atom. The summed E-state index contributed by atoms with van der Waals surface area (Å²) >= 11 is 0. The van der Waals surface area contributed by atoms with E-state index in [1.165, 1.54) is 103 Å². The Labute approximate surface area is 156 Å². The fraction of sp³-hybridized carbons (Fsp3) is 0.762. The van der Waals surface area contributed by atoms with Crippen LogP contribution in [-0.4, -0.2) is 41.9 Å². The Morgan fingerprint density at radius 1 is 0.542 bits per heavy atom. The molecule has 138 valence electrons. The Balaban J connectivity index is 0.00000288. The Kier molecular flexibility index (Phi) is 12.9. The summed E-state index contributed by atoms with van der Waals surface area (Å²) in [5, 5.41) is 0. The molecule has 0 aromatic carbocycles. The summed E-state index contributed by atoms with van der Waals surface area (Å²) in [7, 11) is 0. The van der Waals surface area contributed by atoms with E-state index in [0.29, 0.717) is 0 Å². The molecule has 0 bridgehead atoms. The molecule has 0 radical (unpaired) electrons. The van der Waals surface area contributed by atoms with E-state index in [4.69, 9.17) is 0 Å². The summed E-state index contributed by atoms with van der Waals surface area (Å²) in [4.78, 5) is 2.51. The van der Waals surface area contributed by atoms with Crippen LogP contribution in [0.5, 0.6) is 0 Å². The van der Waals surface area contributed by atoms with Crippen LogP contribution in [0, 0.1) is 0 Å².